The summed E-state index contributed by atoms with van der Waals surface area (Å²) >= 11 is 0. The lowest BCUT2D eigenvalue weighted by Crippen LogP contribution is -2.23. The number of aromatic hydroxyl groups is 1. The standard InChI is InChI=1S/C31H34N2O7/c34-20-25-18-24(8-11-28(25)35)29(36)19-32-13-12-22-6-9-27(10-7-22)39-16-15-38-21-23-3-1-4-26(17-23)33-31(37)30-5-2-14-40-30/h1-11,14,17-18,29,32,34-36H,12-13,15-16,19-21H2,(H,33,37)/t29-/m0/s1. The van der Waals surface area contributed by atoms with Crippen molar-refractivity contribution < 1.29 is 34.0 Å². The molecule has 4 aromatic rings. The molecule has 0 bridgehead atoms. The van der Waals surface area contributed by atoms with E-state index >= 15 is 0 Å². The van der Waals surface area contributed by atoms with E-state index in [1.54, 1.807) is 24.3 Å². The van der Waals surface area contributed by atoms with Crippen LogP contribution in [0.15, 0.2) is 89.5 Å². The van der Waals surface area contributed by atoms with Gasteiger partial charge >= 0.3 is 0 Å². The van der Waals surface area contributed by atoms with Crippen LogP contribution in [-0.2, 0) is 24.4 Å². The number of amides is 1. The molecule has 0 saturated heterocycles. The molecule has 9 heteroatoms. The van der Waals surface area contributed by atoms with E-state index in [1.165, 1.54) is 12.3 Å². The maximum Gasteiger partial charge on any atom is 0.291 e. The molecule has 0 unspecified atom stereocenters. The van der Waals surface area contributed by atoms with E-state index in [9.17, 15) is 20.1 Å². The monoisotopic (exact) mass is 546 g/mol. The van der Waals surface area contributed by atoms with Crippen LogP contribution in [0.3, 0.4) is 0 Å². The molecule has 1 aromatic heterocycles. The molecular formula is C31H34N2O7. The SMILES string of the molecule is O=C(Nc1cccc(COCCOc2ccc(CCNC[C@H](O)c3ccc(O)c(CO)c3)cc2)c1)c1ccco1. The molecule has 0 spiro atoms. The summed E-state index contributed by atoms with van der Waals surface area (Å²) in [4.78, 5) is 12.1. The number of hydrogen-bond donors (Lipinski definition) is 5. The number of phenols is 1. The largest absolute Gasteiger partial charge is 0.508 e. The number of rotatable bonds is 15. The minimum atomic E-state index is -0.735. The van der Waals surface area contributed by atoms with Gasteiger partial charge in [0.25, 0.3) is 5.91 Å². The second-order valence-corrected chi connectivity index (χ2v) is 9.19. The molecule has 1 heterocycles. The highest BCUT2D eigenvalue weighted by molar-refractivity contribution is 6.02. The summed E-state index contributed by atoms with van der Waals surface area (Å²) in [5, 5.41) is 35.3. The van der Waals surface area contributed by atoms with Crippen molar-refractivity contribution in [3.05, 3.63) is 113 Å². The van der Waals surface area contributed by atoms with E-state index in [4.69, 9.17) is 13.9 Å². The Balaban J connectivity index is 1.10. The Labute approximate surface area is 233 Å². The average molecular weight is 547 g/mol. The number of aliphatic hydroxyl groups is 2. The van der Waals surface area contributed by atoms with Gasteiger partial charge in [0.15, 0.2) is 5.76 Å². The number of furan rings is 1. The molecule has 0 aliphatic heterocycles. The first-order chi connectivity index (χ1) is 19.5. The van der Waals surface area contributed by atoms with E-state index in [2.05, 4.69) is 10.6 Å². The van der Waals surface area contributed by atoms with E-state index in [-0.39, 0.29) is 24.0 Å². The van der Waals surface area contributed by atoms with Crippen molar-refractivity contribution in [2.45, 2.75) is 25.7 Å². The summed E-state index contributed by atoms with van der Waals surface area (Å²) in [6.45, 7) is 1.98. The van der Waals surface area contributed by atoms with E-state index in [0.717, 1.165) is 23.3 Å². The average Bonchev–Trinajstić information content (AvgIpc) is 3.52. The third kappa shape index (κ3) is 8.69. The van der Waals surface area contributed by atoms with Crippen LogP contribution in [0.25, 0.3) is 0 Å². The third-order valence-electron chi connectivity index (χ3n) is 6.21. The highest BCUT2D eigenvalue weighted by atomic mass is 16.5. The molecule has 0 aliphatic rings. The zero-order valence-corrected chi connectivity index (χ0v) is 22.1. The molecule has 1 atom stereocenters. The topological polar surface area (TPSA) is 133 Å². The minimum absolute atomic E-state index is 0.0164. The number of carbonyl (C=O) groups excluding carboxylic acids is 1. The Bertz CT molecular complexity index is 1340. The lowest BCUT2D eigenvalue weighted by molar-refractivity contribution is 0.0889. The van der Waals surface area contributed by atoms with Gasteiger partial charge in [0.05, 0.1) is 32.2 Å². The molecule has 0 radical (unpaired) electrons. The van der Waals surface area contributed by atoms with Gasteiger partial charge in [-0.25, -0.2) is 0 Å². The molecule has 210 valence electrons. The fourth-order valence-corrected chi connectivity index (χ4v) is 4.03. The number of hydrogen-bond acceptors (Lipinski definition) is 8. The van der Waals surface area contributed by atoms with Gasteiger partial charge < -0.3 is 39.8 Å². The summed E-state index contributed by atoms with van der Waals surface area (Å²) in [6.07, 6.45) is 1.51. The van der Waals surface area contributed by atoms with Crippen LogP contribution in [0.5, 0.6) is 11.5 Å². The molecule has 1 amide bonds. The predicted octanol–water partition coefficient (Wildman–Crippen LogP) is 4.19. The Morgan fingerprint density at radius 2 is 1.80 bits per heavy atom. The van der Waals surface area contributed by atoms with Crippen LogP contribution < -0.4 is 15.4 Å². The molecule has 0 fully saturated rings. The maximum atomic E-state index is 12.1. The van der Waals surface area contributed by atoms with Crippen LogP contribution in [0.1, 0.15) is 38.9 Å². The highest BCUT2D eigenvalue weighted by Crippen LogP contribution is 2.22. The van der Waals surface area contributed by atoms with Crippen molar-refractivity contribution in [2.75, 3.05) is 31.6 Å². The second kappa shape index (κ2) is 14.9. The zero-order valence-electron chi connectivity index (χ0n) is 22.1. The molecule has 0 saturated carbocycles. The van der Waals surface area contributed by atoms with Crippen LogP contribution in [0.4, 0.5) is 5.69 Å². The Hall–Kier alpha value is -4.15. The van der Waals surface area contributed by atoms with Crippen molar-refractivity contribution in [3.63, 3.8) is 0 Å². The van der Waals surface area contributed by atoms with Crippen molar-refractivity contribution in [2.24, 2.45) is 0 Å². The summed E-state index contributed by atoms with van der Waals surface area (Å²) in [6, 6.07) is 23.3. The number of carbonyl (C=O) groups is 1. The first-order valence-electron chi connectivity index (χ1n) is 13.1. The maximum absolute atomic E-state index is 12.1. The van der Waals surface area contributed by atoms with Crippen LogP contribution in [-0.4, -0.2) is 47.5 Å². The lowest BCUT2D eigenvalue weighted by atomic mass is 10.1. The van der Waals surface area contributed by atoms with Gasteiger partial charge in [0, 0.05) is 17.8 Å². The van der Waals surface area contributed by atoms with Crippen molar-refractivity contribution in [1.29, 1.82) is 0 Å². The smallest absolute Gasteiger partial charge is 0.291 e. The Kier molecular flexibility index (Phi) is 10.7. The van der Waals surface area contributed by atoms with Crippen LogP contribution in [0, 0.1) is 0 Å². The molecule has 4 rings (SSSR count). The van der Waals surface area contributed by atoms with Crippen molar-refractivity contribution in [1.82, 2.24) is 5.32 Å². The van der Waals surface area contributed by atoms with Gasteiger partial charge in [-0.05, 0) is 78.2 Å². The van der Waals surface area contributed by atoms with Gasteiger partial charge in [-0.1, -0.05) is 30.3 Å². The van der Waals surface area contributed by atoms with E-state index < -0.39 is 6.10 Å². The fraction of sp³-hybridized carbons (Fsp3) is 0.258. The van der Waals surface area contributed by atoms with E-state index in [0.29, 0.717) is 49.7 Å². The Morgan fingerprint density at radius 1 is 0.950 bits per heavy atom. The molecule has 9 nitrogen and oxygen atoms in total. The number of anilines is 1. The highest BCUT2D eigenvalue weighted by Gasteiger charge is 2.11. The predicted molar refractivity (Wildman–Crippen MR) is 150 cm³/mol. The molecule has 5 N–H and O–H groups in total. The zero-order chi connectivity index (χ0) is 28.2. The first kappa shape index (κ1) is 28.8. The van der Waals surface area contributed by atoms with Crippen LogP contribution >= 0.6 is 0 Å². The minimum Gasteiger partial charge on any atom is -0.508 e. The van der Waals surface area contributed by atoms with Gasteiger partial charge in [-0.3, -0.25) is 4.79 Å². The quantitative estimate of drug-likeness (QED) is 0.140. The number of aliphatic hydroxyl groups excluding tert-OH is 2. The third-order valence-corrected chi connectivity index (χ3v) is 6.21. The summed E-state index contributed by atoms with van der Waals surface area (Å²) < 4.78 is 16.6. The lowest BCUT2D eigenvalue weighted by Gasteiger charge is -2.14. The number of nitrogens with one attached hydrogen (secondary N) is 2. The van der Waals surface area contributed by atoms with E-state index in [1.807, 2.05) is 48.5 Å². The molecule has 0 aliphatic carbocycles. The second-order valence-electron chi connectivity index (χ2n) is 9.19. The van der Waals surface area contributed by atoms with Gasteiger partial charge in [-0.15, -0.1) is 0 Å². The number of ether oxygens (including phenoxy) is 2. The number of benzene rings is 3. The van der Waals surface area contributed by atoms with Gasteiger partial charge in [0.2, 0.25) is 0 Å². The normalized spacial score (nSPS) is 11.8. The molecular weight excluding hydrogens is 512 g/mol. The van der Waals surface area contributed by atoms with Crippen molar-refractivity contribution in [3.8, 4) is 11.5 Å². The van der Waals surface area contributed by atoms with Gasteiger partial charge in [0.1, 0.15) is 18.1 Å². The fourth-order valence-electron chi connectivity index (χ4n) is 4.03. The summed E-state index contributed by atoms with van der Waals surface area (Å²) in [5.41, 5.74) is 3.77. The molecule has 3 aromatic carbocycles. The van der Waals surface area contributed by atoms with Crippen LogP contribution in [0.2, 0.25) is 0 Å². The Morgan fingerprint density at radius 3 is 2.58 bits per heavy atom. The van der Waals surface area contributed by atoms with Gasteiger partial charge in [-0.2, -0.15) is 0 Å². The summed E-state index contributed by atoms with van der Waals surface area (Å²) in [5.74, 6) is 0.720. The first-order valence-corrected chi connectivity index (χ1v) is 13.1. The summed E-state index contributed by atoms with van der Waals surface area (Å²) in [7, 11) is 0. The molecule has 40 heavy (non-hydrogen) atoms. The van der Waals surface area contributed by atoms with Crippen molar-refractivity contribution >= 4 is 11.6 Å².